The third kappa shape index (κ3) is 3.81. The fraction of sp³-hybridized carbons (Fsp3) is 0.438. The molecule has 0 unspecified atom stereocenters. The van der Waals surface area contributed by atoms with Crippen molar-refractivity contribution in [3.05, 3.63) is 45.4 Å². The Morgan fingerprint density at radius 3 is 2.55 bits per heavy atom. The van der Waals surface area contributed by atoms with Gasteiger partial charge in [0, 0.05) is 17.1 Å². The maximum atomic E-state index is 6.05. The lowest BCUT2D eigenvalue weighted by molar-refractivity contribution is 0.257. The monoisotopic (exact) mass is 289 g/mol. The Kier molecular flexibility index (Phi) is 5.15. The van der Waals surface area contributed by atoms with Crippen molar-refractivity contribution >= 4 is 17.0 Å². The standard InChI is InChI=1S/C16H23N3S/c1-4-9-19(10-14-7-5-6-8-15(14)17)11-16-18-12(2)13(3)20-16/h5-8H,4,9-11,17H2,1-3H3. The Hall–Kier alpha value is -1.39. The van der Waals surface area contributed by atoms with E-state index in [9.17, 15) is 0 Å². The highest BCUT2D eigenvalue weighted by Crippen LogP contribution is 2.20. The van der Waals surface area contributed by atoms with Gasteiger partial charge in [0.25, 0.3) is 0 Å². The number of anilines is 1. The zero-order valence-corrected chi connectivity index (χ0v) is 13.3. The minimum absolute atomic E-state index is 0.875. The van der Waals surface area contributed by atoms with Crippen LogP contribution in [-0.4, -0.2) is 16.4 Å². The van der Waals surface area contributed by atoms with Crippen molar-refractivity contribution in [3.8, 4) is 0 Å². The molecule has 4 heteroatoms. The maximum absolute atomic E-state index is 6.05. The van der Waals surface area contributed by atoms with Crippen LogP contribution in [0.2, 0.25) is 0 Å². The summed E-state index contributed by atoms with van der Waals surface area (Å²) in [6.45, 7) is 9.27. The molecule has 0 aliphatic rings. The summed E-state index contributed by atoms with van der Waals surface area (Å²) in [6.07, 6.45) is 1.13. The number of thiazole rings is 1. The van der Waals surface area contributed by atoms with Crippen LogP contribution < -0.4 is 5.73 Å². The van der Waals surface area contributed by atoms with Crippen LogP contribution in [0.4, 0.5) is 5.69 Å². The third-order valence-corrected chi connectivity index (χ3v) is 4.48. The molecule has 2 rings (SSSR count). The Morgan fingerprint density at radius 2 is 1.95 bits per heavy atom. The van der Waals surface area contributed by atoms with Crippen LogP contribution >= 0.6 is 11.3 Å². The highest BCUT2D eigenvalue weighted by molar-refractivity contribution is 7.11. The number of nitrogens with two attached hydrogens (primary N) is 1. The summed E-state index contributed by atoms with van der Waals surface area (Å²) in [5, 5.41) is 1.20. The van der Waals surface area contributed by atoms with Gasteiger partial charge in [-0.3, -0.25) is 4.90 Å². The van der Waals surface area contributed by atoms with Crippen molar-refractivity contribution in [1.82, 2.24) is 9.88 Å². The number of nitrogen functional groups attached to an aromatic ring is 1. The smallest absolute Gasteiger partial charge is 0.107 e. The number of rotatable bonds is 6. The highest BCUT2D eigenvalue weighted by Gasteiger charge is 2.11. The topological polar surface area (TPSA) is 42.2 Å². The van der Waals surface area contributed by atoms with Gasteiger partial charge in [0.15, 0.2) is 0 Å². The first-order valence-corrected chi connectivity index (χ1v) is 7.90. The van der Waals surface area contributed by atoms with E-state index < -0.39 is 0 Å². The van der Waals surface area contributed by atoms with Gasteiger partial charge in [-0.15, -0.1) is 11.3 Å². The number of aromatic nitrogens is 1. The van der Waals surface area contributed by atoms with E-state index in [0.29, 0.717) is 0 Å². The van der Waals surface area contributed by atoms with Crippen molar-refractivity contribution in [1.29, 1.82) is 0 Å². The molecule has 3 nitrogen and oxygen atoms in total. The molecule has 2 aromatic rings. The zero-order chi connectivity index (χ0) is 14.5. The summed E-state index contributed by atoms with van der Waals surface area (Å²) in [5.74, 6) is 0. The molecule has 0 fully saturated rings. The molecule has 0 bridgehead atoms. The Balaban J connectivity index is 2.09. The van der Waals surface area contributed by atoms with Crippen LogP contribution in [0.15, 0.2) is 24.3 Å². The van der Waals surface area contributed by atoms with Crippen molar-refractivity contribution in [3.63, 3.8) is 0 Å². The molecule has 0 aliphatic heterocycles. The number of benzene rings is 1. The van der Waals surface area contributed by atoms with E-state index in [4.69, 9.17) is 5.73 Å². The van der Waals surface area contributed by atoms with Crippen molar-refractivity contribution in [2.45, 2.75) is 40.3 Å². The van der Waals surface area contributed by atoms with Gasteiger partial charge in [-0.2, -0.15) is 0 Å². The van der Waals surface area contributed by atoms with Crippen LogP contribution in [-0.2, 0) is 13.1 Å². The molecule has 1 aromatic heterocycles. The zero-order valence-electron chi connectivity index (χ0n) is 12.5. The SMILES string of the molecule is CCCN(Cc1nc(C)c(C)s1)Cc1ccccc1N. The number of hydrogen-bond acceptors (Lipinski definition) is 4. The fourth-order valence-corrected chi connectivity index (χ4v) is 3.22. The molecule has 0 aliphatic carbocycles. The summed E-state index contributed by atoms with van der Waals surface area (Å²) >= 11 is 1.80. The summed E-state index contributed by atoms with van der Waals surface area (Å²) in [7, 11) is 0. The molecule has 0 atom stereocenters. The van der Waals surface area contributed by atoms with Crippen LogP contribution in [0.1, 0.15) is 34.5 Å². The average Bonchev–Trinajstić information content (AvgIpc) is 2.71. The van der Waals surface area contributed by atoms with E-state index in [1.165, 1.54) is 15.4 Å². The van der Waals surface area contributed by atoms with E-state index >= 15 is 0 Å². The summed E-state index contributed by atoms with van der Waals surface area (Å²) in [5.41, 5.74) is 9.28. The van der Waals surface area contributed by atoms with E-state index in [-0.39, 0.29) is 0 Å². The number of hydrogen-bond donors (Lipinski definition) is 1. The maximum Gasteiger partial charge on any atom is 0.107 e. The minimum Gasteiger partial charge on any atom is -0.398 e. The molecule has 0 radical (unpaired) electrons. The number of aryl methyl sites for hydroxylation is 2. The van der Waals surface area contributed by atoms with Gasteiger partial charge >= 0.3 is 0 Å². The van der Waals surface area contributed by atoms with Crippen molar-refractivity contribution in [2.75, 3.05) is 12.3 Å². The number of para-hydroxylation sites is 1. The molecule has 0 saturated heterocycles. The van der Waals surface area contributed by atoms with Gasteiger partial charge in [-0.1, -0.05) is 25.1 Å². The molecule has 108 valence electrons. The fourth-order valence-electron chi connectivity index (χ4n) is 2.25. The molecular weight excluding hydrogens is 266 g/mol. The predicted octanol–water partition coefficient (Wildman–Crippen LogP) is 3.75. The molecule has 0 amide bonds. The Morgan fingerprint density at radius 1 is 1.20 bits per heavy atom. The van der Waals surface area contributed by atoms with Crippen molar-refractivity contribution < 1.29 is 0 Å². The molecule has 1 heterocycles. The van der Waals surface area contributed by atoms with Crippen LogP contribution in [0, 0.1) is 13.8 Å². The van der Waals surface area contributed by atoms with Gasteiger partial charge in [0.05, 0.1) is 12.2 Å². The lowest BCUT2D eigenvalue weighted by Gasteiger charge is -2.21. The molecule has 20 heavy (non-hydrogen) atoms. The normalized spacial score (nSPS) is 11.2. The quantitative estimate of drug-likeness (QED) is 0.823. The summed E-state index contributed by atoms with van der Waals surface area (Å²) < 4.78 is 0. The largest absolute Gasteiger partial charge is 0.398 e. The second kappa shape index (κ2) is 6.86. The van der Waals surface area contributed by atoms with E-state index in [1.807, 2.05) is 18.2 Å². The van der Waals surface area contributed by atoms with E-state index in [0.717, 1.165) is 37.4 Å². The Bertz CT molecular complexity index is 543. The summed E-state index contributed by atoms with van der Waals surface area (Å²) in [4.78, 5) is 8.38. The first-order chi connectivity index (χ1) is 9.60. The summed E-state index contributed by atoms with van der Waals surface area (Å²) in [6, 6.07) is 8.11. The Labute approximate surface area is 125 Å². The molecular formula is C16H23N3S. The molecule has 0 spiro atoms. The predicted molar refractivity (Wildman–Crippen MR) is 86.8 cm³/mol. The van der Waals surface area contributed by atoms with Crippen LogP contribution in [0.5, 0.6) is 0 Å². The first kappa shape index (κ1) is 15.0. The first-order valence-electron chi connectivity index (χ1n) is 7.08. The second-order valence-electron chi connectivity index (χ2n) is 5.16. The van der Waals surface area contributed by atoms with Crippen LogP contribution in [0.25, 0.3) is 0 Å². The van der Waals surface area contributed by atoms with E-state index in [2.05, 4.69) is 36.7 Å². The van der Waals surface area contributed by atoms with E-state index in [1.54, 1.807) is 11.3 Å². The van der Waals surface area contributed by atoms with Gasteiger partial charge in [-0.25, -0.2) is 4.98 Å². The van der Waals surface area contributed by atoms with Crippen molar-refractivity contribution in [2.24, 2.45) is 0 Å². The average molecular weight is 289 g/mol. The van der Waals surface area contributed by atoms with Gasteiger partial charge < -0.3 is 5.73 Å². The second-order valence-corrected chi connectivity index (χ2v) is 6.45. The number of nitrogens with zero attached hydrogens (tertiary/aromatic N) is 2. The van der Waals surface area contributed by atoms with Crippen LogP contribution in [0.3, 0.4) is 0 Å². The molecule has 0 saturated carbocycles. The van der Waals surface area contributed by atoms with Gasteiger partial charge in [0.1, 0.15) is 5.01 Å². The van der Waals surface area contributed by atoms with Gasteiger partial charge in [0.2, 0.25) is 0 Å². The minimum atomic E-state index is 0.875. The molecule has 2 N–H and O–H groups in total. The van der Waals surface area contributed by atoms with Gasteiger partial charge in [-0.05, 0) is 38.4 Å². The third-order valence-electron chi connectivity index (χ3n) is 3.42. The highest BCUT2D eigenvalue weighted by atomic mass is 32.1. The lowest BCUT2D eigenvalue weighted by Crippen LogP contribution is -2.24. The lowest BCUT2D eigenvalue weighted by atomic mass is 10.1. The molecule has 1 aromatic carbocycles.